The smallest absolute Gasteiger partial charge is 0.358 e. The van der Waals surface area contributed by atoms with Crippen LogP contribution in [0.25, 0.3) is 0 Å². The lowest BCUT2D eigenvalue weighted by atomic mass is 9.90. The van der Waals surface area contributed by atoms with Gasteiger partial charge in [0.1, 0.15) is 0 Å². The second kappa shape index (κ2) is 4.53. The van der Waals surface area contributed by atoms with Gasteiger partial charge in [0.15, 0.2) is 5.69 Å². The lowest BCUT2D eigenvalue weighted by Gasteiger charge is -2.20. The highest BCUT2D eigenvalue weighted by Crippen LogP contribution is 2.25. The van der Waals surface area contributed by atoms with Crippen LogP contribution < -0.4 is 0 Å². The van der Waals surface area contributed by atoms with Crippen LogP contribution in [0.3, 0.4) is 0 Å². The van der Waals surface area contributed by atoms with E-state index in [9.17, 15) is 4.79 Å². The molecule has 2 aromatic rings. The van der Waals surface area contributed by atoms with E-state index < -0.39 is 5.97 Å². The second-order valence-corrected chi connectivity index (χ2v) is 5.91. The number of hydrogen-bond donors (Lipinski definition) is 1. The predicted octanol–water partition coefficient (Wildman–Crippen LogP) is 2.38. The van der Waals surface area contributed by atoms with Gasteiger partial charge in [-0.25, -0.2) is 9.48 Å². The Morgan fingerprint density at radius 3 is 2.72 bits per heavy atom. The summed E-state index contributed by atoms with van der Waals surface area (Å²) < 4.78 is 1.67. The molecule has 0 aliphatic carbocycles. The van der Waals surface area contributed by atoms with Crippen molar-refractivity contribution in [2.45, 2.75) is 32.7 Å². The number of hydrogen-bond acceptors (Lipinski definition) is 4. The molecule has 2 aromatic heterocycles. The summed E-state index contributed by atoms with van der Waals surface area (Å²) in [6, 6.07) is 2.00. The van der Waals surface area contributed by atoms with Gasteiger partial charge in [-0.2, -0.15) is 11.3 Å². The summed E-state index contributed by atoms with van der Waals surface area (Å²) in [4.78, 5) is 11.2. The van der Waals surface area contributed by atoms with Crippen molar-refractivity contribution in [2.75, 3.05) is 0 Å². The number of aromatic nitrogens is 3. The predicted molar refractivity (Wildman–Crippen MR) is 69.1 cm³/mol. The van der Waals surface area contributed by atoms with Gasteiger partial charge in [-0.1, -0.05) is 26.0 Å². The summed E-state index contributed by atoms with van der Waals surface area (Å²) in [7, 11) is 0. The van der Waals surface area contributed by atoms with E-state index in [0.717, 1.165) is 5.56 Å². The minimum absolute atomic E-state index is 0.0396. The monoisotopic (exact) mass is 265 g/mol. The molecular formula is C12H15N3O2S. The van der Waals surface area contributed by atoms with Crippen LogP contribution in [0.15, 0.2) is 16.8 Å². The molecule has 18 heavy (non-hydrogen) atoms. The highest BCUT2D eigenvalue weighted by molar-refractivity contribution is 7.07. The number of thiophene rings is 1. The Bertz CT molecular complexity index is 552. The molecule has 0 aliphatic heterocycles. The molecule has 5 nitrogen and oxygen atoms in total. The van der Waals surface area contributed by atoms with Gasteiger partial charge in [0.2, 0.25) is 0 Å². The van der Waals surface area contributed by atoms with Crippen LogP contribution >= 0.6 is 11.3 Å². The fourth-order valence-corrected chi connectivity index (χ4v) is 2.53. The maximum absolute atomic E-state index is 11.2. The van der Waals surface area contributed by atoms with E-state index in [1.807, 2.05) is 37.6 Å². The molecule has 6 heteroatoms. The molecule has 0 amide bonds. The summed E-state index contributed by atoms with van der Waals surface area (Å²) in [5, 5.41) is 20.9. The van der Waals surface area contributed by atoms with Crippen molar-refractivity contribution in [2.24, 2.45) is 0 Å². The van der Waals surface area contributed by atoms with Crippen LogP contribution in [0, 0.1) is 0 Å². The molecule has 1 N–H and O–H groups in total. The average Bonchev–Trinajstić information content (AvgIpc) is 2.85. The minimum Gasteiger partial charge on any atom is -0.476 e. The number of carboxylic acids is 1. The molecule has 0 saturated carbocycles. The molecule has 0 aliphatic rings. The van der Waals surface area contributed by atoms with Crippen LogP contribution in [0.5, 0.6) is 0 Å². The van der Waals surface area contributed by atoms with Crippen LogP contribution in [0.1, 0.15) is 42.5 Å². The minimum atomic E-state index is -1.03. The Morgan fingerprint density at radius 2 is 2.22 bits per heavy atom. The van der Waals surface area contributed by atoms with E-state index in [2.05, 4.69) is 10.3 Å². The van der Waals surface area contributed by atoms with Crippen LogP contribution in [-0.4, -0.2) is 26.1 Å². The Hall–Kier alpha value is -1.69. The molecule has 0 fully saturated rings. The van der Waals surface area contributed by atoms with Gasteiger partial charge >= 0.3 is 5.97 Å². The lowest BCUT2D eigenvalue weighted by Crippen LogP contribution is -2.22. The maximum Gasteiger partial charge on any atom is 0.358 e. The van der Waals surface area contributed by atoms with E-state index in [4.69, 9.17) is 5.11 Å². The number of carboxylic acid groups (broad SMARTS) is 1. The first-order valence-corrected chi connectivity index (χ1v) is 6.52. The molecule has 0 spiro atoms. The molecule has 0 bridgehead atoms. The van der Waals surface area contributed by atoms with Crippen LogP contribution in [0.4, 0.5) is 0 Å². The molecule has 2 rings (SSSR count). The first kappa shape index (κ1) is 12.8. The van der Waals surface area contributed by atoms with Crippen LogP contribution in [-0.2, 0) is 12.0 Å². The summed E-state index contributed by atoms with van der Waals surface area (Å²) in [6.45, 7) is 6.43. The largest absolute Gasteiger partial charge is 0.476 e. The average molecular weight is 265 g/mol. The topological polar surface area (TPSA) is 68.0 Å². The number of rotatable bonds is 3. The van der Waals surface area contributed by atoms with Gasteiger partial charge in [0.25, 0.3) is 0 Å². The molecule has 0 saturated heterocycles. The van der Waals surface area contributed by atoms with Crippen molar-refractivity contribution in [3.05, 3.63) is 33.8 Å². The lowest BCUT2D eigenvalue weighted by molar-refractivity contribution is 0.0687. The SMILES string of the molecule is CC(C)(C)c1c(C(=O)O)nnn1Cc1ccsc1. The zero-order valence-corrected chi connectivity index (χ0v) is 11.4. The zero-order chi connectivity index (χ0) is 13.3. The van der Waals surface area contributed by atoms with E-state index in [0.29, 0.717) is 12.2 Å². The van der Waals surface area contributed by atoms with E-state index >= 15 is 0 Å². The summed E-state index contributed by atoms with van der Waals surface area (Å²) >= 11 is 1.61. The molecule has 0 unspecified atom stereocenters. The van der Waals surface area contributed by atoms with Crippen molar-refractivity contribution < 1.29 is 9.90 Å². The fourth-order valence-electron chi connectivity index (χ4n) is 1.87. The quantitative estimate of drug-likeness (QED) is 0.925. The third kappa shape index (κ3) is 2.43. The van der Waals surface area contributed by atoms with Gasteiger partial charge in [-0.05, 0) is 22.4 Å². The van der Waals surface area contributed by atoms with E-state index in [1.54, 1.807) is 16.0 Å². The number of nitrogens with zero attached hydrogens (tertiary/aromatic N) is 3. The van der Waals surface area contributed by atoms with Crippen molar-refractivity contribution in [3.8, 4) is 0 Å². The van der Waals surface area contributed by atoms with E-state index in [-0.39, 0.29) is 11.1 Å². The number of carbonyl (C=O) groups is 1. The normalized spacial score (nSPS) is 11.7. The highest BCUT2D eigenvalue weighted by atomic mass is 32.1. The Labute approximate surface area is 109 Å². The zero-order valence-electron chi connectivity index (χ0n) is 10.5. The second-order valence-electron chi connectivity index (χ2n) is 5.13. The first-order valence-electron chi connectivity index (χ1n) is 5.58. The van der Waals surface area contributed by atoms with Crippen molar-refractivity contribution >= 4 is 17.3 Å². The van der Waals surface area contributed by atoms with Gasteiger partial charge in [0.05, 0.1) is 12.2 Å². The highest BCUT2D eigenvalue weighted by Gasteiger charge is 2.28. The van der Waals surface area contributed by atoms with Gasteiger partial charge in [-0.3, -0.25) is 0 Å². The summed E-state index contributed by atoms with van der Waals surface area (Å²) in [5.74, 6) is -1.03. The Morgan fingerprint density at radius 1 is 1.50 bits per heavy atom. The molecule has 2 heterocycles. The van der Waals surface area contributed by atoms with Gasteiger partial charge < -0.3 is 5.11 Å². The van der Waals surface area contributed by atoms with Crippen molar-refractivity contribution in [1.29, 1.82) is 0 Å². The van der Waals surface area contributed by atoms with Gasteiger partial charge in [0, 0.05) is 5.41 Å². The first-order chi connectivity index (χ1) is 8.39. The van der Waals surface area contributed by atoms with E-state index in [1.165, 1.54) is 0 Å². The van der Waals surface area contributed by atoms with Crippen molar-refractivity contribution in [1.82, 2.24) is 15.0 Å². The molecule has 0 radical (unpaired) electrons. The molecule has 0 aromatic carbocycles. The molecular weight excluding hydrogens is 250 g/mol. The van der Waals surface area contributed by atoms with Crippen LogP contribution in [0.2, 0.25) is 0 Å². The number of aromatic carboxylic acids is 1. The Kier molecular flexibility index (Phi) is 3.21. The van der Waals surface area contributed by atoms with Gasteiger partial charge in [-0.15, -0.1) is 5.10 Å². The summed E-state index contributed by atoms with van der Waals surface area (Å²) in [5.41, 5.74) is 1.49. The summed E-state index contributed by atoms with van der Waals surface area (Å²) in [6.07, 6.45) is 0. The third-order valence-corrected chi connectivity index (χ3v) is 3.29. The Balaban J connectivity index is 2.45. The standard InChI is InChI=1S/C12H15N3O2S/c1-12(2,3)10-9(11(16)17)13-14-15(10)6-8-4-5-18-7-8/h4-5,7H,6H2,1-3H3,(H,16,17). The maximum atomic E-state index is 11.2. The molecule has 96 valence electrons. The fraction of sp³-hybridized carbons (Fsp3) is 0.417. The third-order valence-electron chi connectivity index (χ3n) is 2.56. The molecule has 0 atom stereocenters. The van der Waals surface area contributed by atoms with Crippen molar-refractivity contribution in [3.63, 3.8) is 0 Å².